The highest BCUT2D eigenvalue weighted by Gasteiger charge is 2.34. The first-order chi connectivity index (χ1) is 18.2. The summed E-state index contributed by atoms with van der Waals surface area (Å²) < 4.78 is 28.5. The van der Waals surface area contributed by atoms with Crippen molar-refractivity contribution in [2.45, 2.75) is 37.6 Å². The maximum atomic E-state index is 13.9. The first kappa shape index (κ1) is 29.5. The highest BCUT2D eigenvalue weighted by molar-refractivity contribution is 7.92. The fraction of sp³-hybridized carbons (Fsp3) is 0.286. The lowest BCUT2D eigenvalue weighted by Crippen LogP contribution is -2.53. The second kappa shape index (κ2) is 13.6. The first-order valence-electron chi connectivity index (χ1n) is 12.3. The Morgan fingerprint density at radius 2 is 1.55 bits per heavy atom. The number of halogens is 2. The van der Waals surface area contributed by atoms with Crippen LogP contribution in [0.4, 0.5) is 5.69 Å². The molecule has 0 saturated heterocycles. The third-order valence-electron chi connectivity index (χ3n) is 6.01. The predicted molar refractivity (Wildman–Crippen MR) is 152 cm³/mol. The number of hydrogen-bond acceptors (Lipinski definition) is 4. The van der Waals surface area contributed by atoms with Crippen LogP contribution in [0, 0.1) is 0 Å². The SMILES string of the molecule is CCNC(=O)[C@@H](CC)N(CCc1ccccc1)C(=O)CN(c1ccc(Cl)cc1Cl)S(=O)(=O)c1ccccc1. The van der Waals surface area contributed by atoms with Crippen molar-refractivity contribution in [3.8, 4) is 0 Å². The molecule has 10 heteroatoms. The minimum absolute atomic E-state index is 0.00502. The van der Waals surface area contributed by atoms with Gasteiger partial charge in [0.15, 0.2) is 0 Å². The lowest BCUT2D eigenvalue weighted by Gasteiger charge is -2.33. The van der Waals surface area contributed by atoms with Gasteiger partial charge in [-0.2, -0.15) is 0 Å². The number of carbonyl (C=O) groups is 2. The van der Waals surface area contributed by atoms with E-state index in [1.54, 1.807) is 25.1 Å². The first-order valence-corrected chi connectivity index (χ1v) is 14.5. The van der Waals surface area contributed by atoms with Crippen LogP contribution in [0.2, 0.25) is 10.0 Å². The van der Waals surface area contributed by atoms with E-state index in [1.165, 1.54) is 35.2 Å². The summed E-state index contributed by atoms with van der Waals surface area (Å²) in [5, 5.41) is 3.19. The number of nitrogens with zero attached hydrogens (tertiary/aromatic N) is 2. The zero-order valence-corrected chi connectivity index (χ0v) is 23.6. The zero-order valence-electron chi connectivity index (χ0n) is 21.3. The number of likely N-dealkylation sites (N-methyl/N-ethyl adjacent to an activating group) is 1. The lowest BCUT2D eigenvalue weighted by atomic mass is 10.1. The Morgan fingerprint density at radius 3 is 2.13 bits per heavy atom. The van der Waals surface area contributed by atoms with Gasteiger partial charge >= 0.3 is 0 Å². The van der Waals surface area contributed by atoms with E-state index in [0.29, 0.717) is 24.4 Å². The van der Waals surface area contributed by atoms with E-state index in [1.807, 2.05) is 37.3 Å². The molecule has 38 heavy (non-hydrogen) atoms. The fourth-order valence-electron chi connectivity index (χ4n) is 4.10. The molecule has 0 aliphatic rings. The fourth-order valence-corrected chi connectivity index (χ4v) is 6.12. The maximum Gasteiger partial charge on any atom is 0.264 e. The number of nitrogens with one attached hydrogen (secondary N) is 1. The summed E-state index contributed by atoms with van der Waals surface area (Å²) in [6.45, 7) is 3.70. The van der Waals surface area contributed by atoms with Crippen LogP contribution >= 0.6 is 23.2 Å². The Morgan fingerprint density at radius 1 is 0.921 bits per heavy atom. The smallest absolute Gasteiger partial charge is 0.264 e. The molecule has 3 aromatic carbocycles. The Kier molecular flexibility index (Phi) is 10.6. The van der Waals surface area contributed by atoms with Gasteiger partial charge in [-0.3, -0.25) is 13.9 Å². The van der Waals surface area contributed by atoms with Gasteiger partial charge in [-0.15, -0.1) is 0 Å². The molecule has 0 bridgehead atoms. The van der Waals surface area contributed by atoms with Crippen molar-refractivity contribution in [1.82, 2.24) is 10.2 Å². The van der Waals surface area contributed by atoms with Crippen molar-refractivity contribution >= 4 is 50.7 Å². The average Bonchev–Trinajstić information content (AvgIpc) is 2.91. The van der Waals surface area contributed by atoms with Gasteiger partial charge in [0.25, 0.3) is 10.0 Å². The zero-order chi connectivity index (χ0) is 27.7. The average molecular weight is 577 g/mol. The van der Waals surface area contributed by atoms with Crippen molar-refractivity contribution in [1.29, 1.82) is 0 Å². The highest BCUT2D eigenvalue weighted by atomic mass is 35.5. The van der Waals surface area contributed by atoms with E-state index in [4.69, 9.17) is 23.2 Å². The normalized spacial score (nSPS) is 12.0. The van der Waals surface area contributed by atoms with Crippen molar-refractivity contribution in [3.63, 3.8) is 0 Å². The molecule has 1 atom stereocenters. The Bertz CT molecular complexity index is 1340. The third-order valence-corrected chi connectivity index (χ3v) is 8.32. The number of rotatable bonds is 12. The number of amides is 2. The molecule has 0 aliphatic carbocycles. The molecule has 2 amide bonds. The topological polar surface area (TPSA) is 86.8 Å². The molecule has 0 unspecified atom stereocenters. The molecule has 202 valence electrons. The van der Waals surface area contributed by atoms with Crippen LogP contribution < -0.4 is 9.62 Å². The molecule has 0 saturated carbocycles. The summed E-state index contributed by atoms with van der Waals surface area (Å²) in [7, 11) is -4.19. The summed E-state index contributed by atoms with van der Waals surface area (Å²) in [6, 6.07) is 21.0. The van der Waals surface area contributed by atoms with Crippen LogP contribution in [0.1, 0.15) is 25.8 Å². The summed E-state index contributed by atoms with van der Waals surface area (Å²) in [5.41, 5.74) is 1.10. The Hall–Kier alpha value is -3.07. The monoisotopic (exact) mass is 575 g/mol. The largest absolute Gasteiger partial charge is 0.355 e. The van der Waals surface area contributed by atoms with E-state index in [9.17, 15) is 18.0 Å². The molecule has 0 aliphatic heterocycles. The van der Waals surface area contributed by atoms with Crippen LogP contribution in [0.25, 0.3) is 0 Å². The lowest BCUT2D eigenvalue weighted by molar-refractivity contribution is -0.139. The summed E-state index contributed by atoms with van der Waals surface area (Å²) in [6.07, 6.45) is 0.856. The predicted octanol–water partition coefficient (Wildman–Crippen LogP) is 5.17. The number of benzene rings is 3. The van der Waals surface area contributed by atoms with Gasteiger partial charge in [0.05, 0.1) is 15.6 Å². The van der Waals surface area contributed by atoms with E-state index < -0.39 is 28.5 Å². The van der Waals surface area contributed by atoms with Gasteiger partial charge in [-0.1, -0.05) is 78.7 Å². The number of hydrogen-bond donors (Lipinski definition) is 1. The van der Waals surface area contributed by atoms with Crippen LogP contribution in [-0.2, 0) is 26.0 Å². The molecule has 0 heterocycles. The molecular weight excluding hydrogens is 545 g/mol. The molecule has 0 fully saturated rings. The summed E-state index contributed by atoms with van der Waals surface area (Å²) in [4.78, 5) is 28.3. The second-order valence-corrected chi connectivity index (χ2v) is 11.3. The molecule has 0 radical (unpaired) electrons. The van der Waals surface area contributed by atoms with Crippen molar-refractivity contribution < 1.29 is 18.0 Å². The molecule has 0 spiro atoms. The number of sulfonamides is 1. The molecule has 1 N–H and O–H groups in total. The van der Waals surface area contributed by atoms with Crippen molar-refractivity contribution in [2.24, 2.45) is 0 Å². The molecule has 3 aromatic rings. The number of anilines is 1. The van der Waals surface area contributed by atoms with E-state index >= 15 is 0 Å². The Labute approximate surface area is 234 Å². The van der Waals surface area contributed by atoms with Gasteiger partial charge in [0, 0.05) is 18.1 Å². The summed E-state index contributed by atoms with van der Waals surface area (Å²) >= 11 is 12.5. The molecule has 3 rings (SSSR count). The van der Waals surface area contributed by atoms with Crippen LogP contribution in [-0.4, -0.2) is 50.8 Å². The van der Waals surface area contributed by atoms with Crippen LogP contribution in [0.5, 0.6) is 0 Å². The standard InChI is InChI=1S/C28H31Cl2N3O4S/c1-3-25(28(35)31-4-2)32(18-17-21-11-7-5-8-12-21)27(34)20-33(26-16-15-22(29)19-24(26)30)38(36,37)23-13-9-6-10-14-23/h5-16,19,25H,3-4,17-18,20H2,1-2H3,(H,31,35)/t25-/m1/s1. The second-order valence-electron chi connectivity index (χ2n) is 8.56. The molecular formula is C28H31Cl2N3O4S. The van der Waals surface area contributed by atoms with Gasteiger partial charge in [0.1, 0.15) is 12.6 Å². The van der Waals surface area contributed by atoms with Crippen LogP contribution in [0.3, 0.4) is 0 Å². The molecule has 7 nitrogen and oxygen atoms in total. The van der Waals surface area contributed by atoms with Gasteiger partial charge < -0.3 is 10.2 Å². The highest BCUT2D eigenvalue weighted by Crippen LogP contribution is 2.33. The van der Waals surface area contributed by atoms with Gasteiger partial charge in [-0.25, -0.2) is 8.42 Å². The van der Waals surface area contributed by atoms with Crippen LogP contribution in [0.15, 0.2) is 83.8 Å². The minimum atomic E-state index is -4.19. The number of carbonyl (C=O) groups excluding carboxylic acids is 2. The summed E-state index contributed by atoms with van der Waals surface area (Å²) in [5.74, 6) is -0.817. The quantitative estimate of drug-likeness (QED) is 0.322. The van der Waals surface area contributed by atoms with E-state index in [-0.39, 0.29) is 28.1 Å². The van der Waals surface area contributed by atoms with Gasteiger partial charge in [-0.05, 0) is 55.7 Å². The molecule has 0 aromatic heterocycles. The Balaban J connectivity index is 2.02. The van der Waals surface area contributed by atoms with E-state index in [2.05, 4.69) is 5.32 Å². The van der Waals surface area contributed by atoms with E-state index in [0.717, 1.165) is 9.87 Å². The van der Waals surface area contributed by atoms with Crippen molar-refractivity contribution in [3.05, 3.63) is 94.5 Å². The van der Waals surface area contributed by atoms with Crippen molar-refractivity contribution in [2.75, 3.05) is 23.9 Å². The maximum absolute atomic E-state index is 13.9. The third kappa shape index (κ3) is 7.28. The minimum Gasteiger partial charge on any atom is -0.355 e. The van der Waals surface area contributed by atoms with Gasteiger partial charge in [0.2, 0.25) is 11.8 Å².